The van der Waals surface area contributed by atoms with Crippen LogP contribution < -0.4 is 0 Å². The molecule has 0 unspecified atom stereocenters. The van der Waals surface area contributed by atoms with Crippen LogP contribution in [0.25, 0.3) is 0 Å². The molecule has 1 aliphatic rings. The van der Waals surface area contributed by atoms with E-state index in [2.05, 4.69) is 0 Å². The van der Waals surface area contributed by atoms with E-state index in [-0.39, 0.29) is 6.29 Å². The average Bonchev–Trinajstić information content (AvgIpc) is 2.70. The summed E-state index contributed by atoms with van der Waals surface area (Å²) in [6.45, 7) is 1.78. The zero-order chi connectivity index (χ0) is 9.10. The molecule has 0 N–H and O–H groups in total. The van der Waals surface area contributed by atoms with E-state index in [1.54, 1.807) is 13.4 Å². The Morgan fingerprint density at radius 2 is 2.23 bits per heavy atom. The van der Waals surface area contributed by atoms with Crippen LogP contribution in [-0.2, 0) is 20.8 Å². The van der Waals surface area contributed by atoms with Crippen molar-refractivity contribution in [3.05, 3.63) is 23.7 Å². The van der Waals surface area contributed by atoms with Crippen LogP contribution >= 0.6 is 0 Å². The highest BCUT2D eigenvalue weighted by Crippen LogP contribution is 2.24. The van der Waals surface area contributed by atoms with E-state index >= 15 is 0 Å². The highest BCUT2D eigenvalue weighted by molar-refractivity contribution is 5.14. The van der Waals surface area contributed by atoms with Crippen molar-refractivity contribution in [1.29, 1.82) is 0 Å². The van der Waals surface area contributed by atoms with Crippen LogP contribution in [0.1, 0.15) is 17.6 Å². The zero-order valence-electron chi connectivity index (χ0n) is 7.49. The van der Waals surface area contributed by atoms with E-state index in [1.807, 2.05) is 6.07 Å². The fourth-order valence-electron chi connectivity index (χ4n) is 1.29. The molecule has 1 fully saturated rings. The third kappa shape index (κ3) is 1.91. The molecule has 1 aromatic rings. The molecule has 0 amide bonds. The van der Waals surface area contributed by atoms with Gasteiger partial charge in [0.15, 0.2) is 6.29 Å². The van der Waals surface area contributed by atoms with Crippen LogP contribution in [0, 0.1) is 0 Å². The zero-order valence-corrected chi connectivity index (χ0v) is 7.49. The van der Waals surface area contributed by atoms with Crippen molar-refractivity contribution in [2.24, 2.45) is 0 Å². The largest absolute Gasteiger partial charge is 0.466 e. The first-order valence-electron chi connectivity index (χ1n) is 4.19. The maximum absolute atomic E-state index is 5.31. The molecule has 0 saturated carbocycles. The molecule has 0 bridgehead atoms. The van der Waals surface area contributed by atoms with Gasteiger partial charge in [-0.1, -0.05) is 0 Å². The topological polar surface area (TPSA) is 40.8 Å². The molecule has 0 spiro atoms. The van der Waals surface area contributed by atoms with Crippen molar-refractivity contribution >= 4 is 0 Å². The van der Waals surface area contributed by atoms with Crippen molar-refractivity contribution in [2.45, 2.75) is 12.9 Å². The maximum atomic E-state index is 5.31. The van der Waals surface area contributed by atoms with Crippen LogP contribution in [0.3, 0.4) is 0 Å². The fraction of sp³-hybridized carbons (Fsp3) is 0.556. The molecule has 4 heteroatoms. The molecular formula is C9H12O4. The molecule has 0 aromatic carbocycles. The summed E-state index contributed by atoms with van der Waals surface area (Å²) in [6.07, 6.45) is 1.39. The molecule has 13 heavy (non-hydrogen) atoms. The van der Waals surface area contributed by atoms with Crippen molar-refractivity contribution in [2.75, 3.05) is 20.3 Å². The minimum Gasteiger partial charge on any atom is -0.466 e. The first-order chi connectivity index (χ1) is 6.40. The number of methoxy groups -OCH3 is 1. The maximum Gasteiger partial charge on any atom is 0.187 e. The average molecular weight is 184 g/mol. The quantitative estimate of drug-likeness (QED) is 0.713. The first kappa shape index (κ1) is 8.74. The van der Waals surface area contributed by atoms with Crippen molar-refractivity contribution < 1.29 is 18.6 Å². The second kappa shape index (κ2) is 3.91. The molecule has 2 rings (SSSR count). The minimum absolute atomic E-state index is 0.255. The number of ether oxygens (including phenoxy) is 3. The van der Waals surface area contributed by atoms with Gasteiger partial charge in [0.2, 0.25) is 0 Å². The van der Waals surface area contributed by atoms with Crippen LogP contribution in [0.4, 0.5) is 0 Å². The minimum atomic E-state index is -0.255. The lowest BCUT2D eigenvalue weighted by atomic mass is 10.3. The van der Waals surface area contributed by atoms with Crippen LogP contribution in [0.15, 0.2) is 16.7 Å². The Labute approximate surface area is 76.4 Å². The van der Waals surface area contributed by atoms with E-state index in [4.69, 9.17) is 18.6 Å². The van der Waals surface area contributed by atoms with Gasteiger partial charge in [0.1, 0.15) is 12.4 Å². The lowest BCUT2D eigenvalue weighted by Crippen LogP contribution is -1.95. The van der Waals surface area contributed by atoms with Gasteiger partial charge >= 0.3 is 0 Å². The standard InChI is InChI=1S/C9H12O4/c1-10-6-8-4-7(5-13-8)9-11-2-3-12-9/h4-5,9H,2-3,6H2,1H3. The van der Waals surface area contributed by atoms with E-state index in [9.17, 15) is 0 Å². The Bertz CT molecular complexity index is 262. The molecule has 1 saturated heterocycles. The highest BCUT2D eigenvalue weighted by Gasteiger charge is 2.20. The number of rotatable bonds is 3. The van der Waals surface area contributed by atoms with E-state index in [0.29, 0.717) is 19.8 Å². The third-order valence-electron chi connectivity index (χ3n) is 1.85. The molecular weight excluding hydrogens is 172 g/mol. The molecule has 4 nitrogen and oxygen atoms in total. The first-order valence-corrected chi connectivity index (χ1v) is 4.19. The van der Waals surface area contributed by atoms with Crippen molar-refractivity contribution in [3.63, 3.8) is 0 Å². The van der Waals surface area contributed by atoms with Gasteiger partial charge in [-0.3, -0.25) is 0 Å². The Hall–Kier alpha value is -0.840. The van der Waals surface area contributed by atoms with Gasteiger partial charge in [0.05, 0.1) is 19.5 Å². The Morgan fingerprint density at radius 1 is 1.46 bits per heavy atom. The van der Waals surface area contributed by atoms with Crippen LogP contribution in [0.2, 0.25) is 0 Å². The van der Waals surface area contributed by atoms with E-state index in [1.165, 1.54) is 0 Å². The summed E-state index contributed by atoms with van der Waals surface area (Å²) in [4.78, 5) is 0. The predicted octanol–water partition coefficient (Wildman–Crippen LogP) is 1.47. The lowest BCUT2D eigenvalue weighted by molar-refractivity contribution is -0.0444. The fourth-order valence-corrected chi connectivity index (χ4v) is 1.29. The van der Waals surface area contributed by atoms with Crippen LogP contribution in [0.5, 0.6) is 0 Å². The predicted molar refractivity (Wildman–Crippen MR) is 44.1 cm³/mol. The Kier molecular flexibility index (Phi) is 2.63. The van der Waals surface area contributed by atoms with Crippen molar-refractivity contribution in [1.82, 2.24) is 0 Å². The summed E-state index contributed by atoms with van der Waals surface area (Å²) in [5.74, 6) is 0.789. The monoisotopic (exact) mass is 184 g/mol. The number of hydrogen-bond acceptors (Lipinski definition) is 4. The van der Waals surface area contributed by atoms with Crippen LogP contribution in [-0.4, -0.2) is 20.3 Å². The third-order valence-corrected chi connectivity index (χ3v) is 1.85. The van der Waals surface area contributed by atoms with Gasteiger partial charge in [0, 0.05) is 12.7 Å². The van der Waals surface area contributed by atoms with Gasteiger partial charge in [-0.05, 0) is 6.07 Å². The summed E-state index contributed by atoms with van der Waals surface area (Å²) in [7, 11) is 1.63. The Balaban J connectivity index is 2.03. The molecule has 72 valence electrons. The second-order valence-electron chi connectivity index (χ2n) is 2.85. The van der Waals surface area contributed by atoms with Gasteiger partial charge in [-0.15, -0.1) is 0 Å². The number of hydrogen-bond donors (Lipinski definition) is 0. The smallest absolute Gasteiger partial charge is 0.187 e. The molecule has 1 aromatic heterocycles. The summed E-state index contributed by atoms with van der Waals surface area (Å²) < 4.78 is 20.8. The molecule has 0 aliphatic carbocycles. The summed E-state index contributed by atoms with van der Waals surface area (Å²) in [5, 5.41) is 0. The van der Waals surface area contributed by atoms with Gasteiger partial charge in [-0.25, -0.2) is 0 Å². The summed E-state index contributed by atoms with van der Waals surface area (Å²) in [6, 6.07) is 1.89. The van der Waals surface area contributed by atoms with E-state index in [0.717, 1.165) is 11.3 Å². The van der Waals surface area contributed by atoms with Gasteiger partial charge in [0.25, 0.3) is 0 Å². The molecule has 2 heterocycles. The summed E-state index contributed by atoms with van der Waals surface area (Å²) >= 11 is 0. The van der Waals surface area contributed by atoms with Gasteiger partial charge < -0.3 is 18.6 Å². The summed E-state index contributed by atoms with van der Waals surface area (Å²) in [5.41, 5.74) is 0.921. The Morgan fingerprint density at radius 3 is 2.92 bits per heavy atom. The number of furan rings is 1. The highest BCUT2D eigenvalue weighted by atomic mass is 16.7. The molecule has 0 atom stereocenters. The molecule has 0 radical (unpaired) electrons. The normalized spacial score (nSPS) is 18.2. The van der Waals surface area contributed by atoms with Gasteiger partial charge in [-0.2, -0.15) is 0 Å². The van der Waals surface area contributed by atoms with Crippen molar-refractivity contribution in [3.8, 4) is 0 Å². The lowest BCUT2D eigenvalue weighted by Gasteiger charge is -2.03. The molecule has 1 aliphatic heterocycles. The van der Waals surface area contributed by atoms with E-state index < -0.39 is 0 Å². The SMILES string of the molecule is COCc1cc(C2OCCO2)co1. The second-order valence-corrected chi connectivity index (χ2v) is 2.85.